The van der Waals surface area contributed by atoms with Crippen molar-refractivity contribution in [3.8, 4) is 0 Å². The molecule has 0 saturated carbocycles. The number of hydrogen-bond donors (Lipinski definition) is 2. The number of oxime groups is 1. The van der Waals surface area contributed by atoms with Crippen molar-refractivity contribution in [2.75, 3.05) is 31.1 Å². The molecule has 1 aromatic heterocycles. The van der Waals surface area contributed by atoms with Crippen LogP contribution in [0.2, 0.25) is 0 Å². The number of pyridine rings is 1. The molecule has 2 aliphatic heterocycles. The maximum atomic E-state index is 8.73. The number of aromatic nitrogens is 1. The van der Waals surface area contributed by atoms with Crippen molar-refractivity contribution in [2.45, 2.75) is 25.3 Å². The maximum Gasteiger partial charge on any atom is 0.188 e. The van der Waals surface area contributed by atoms with Gasteiger partial charge in [0.25, 0.3) is 0 Å². The molecule has 3 heterocycles. The smallest absolute Gasteiger partial charge is 0.188 e. The first-order chi connectivity index (χ1) is 9.78. The lowest BCUT2D eigenvalue weighted by atomic mass is 10.2. The fourth-order valence-corrected chi connectivity index (χ4v) is 3.15. The number of nitrogens with two attached hydrogens (primary N) is 1. The summed E-state index contributed by atoms with van der Waals surface area (Å²) in [6.45, 7) is 4.51. The molecule has 20 heavy (non-hydrogen) atoms. The second-order valence-corrected chi connectivity index (χ2v) is 5.50. The molecular weight excluding hydrogens is 254 g/mol. The van der Waals surface area contributed by atoms with Crippen molar-refractivity contribution in [3.05, 3.63) is 23.9 Å². The summed E-state index contributed by atoms with van der Waals surface area (Å²) in [7, 11) is 0. The van der Waals surface area contributed by atoms with Gasteiger partial charge in [0.05, 0.1) is 0 Å². The minimum absolute atomic E-state index is 0.0575. The van der Waals surface area contributed by atoms with Gasteiger partial charge in [-0.25, -0.2) is 4.98 Å². The van der Waals surface area contributed by atoms with E-state index in [1.54, 1.807) is 6.07 Å². The largest absolute Gasteiger partial charge is 0.409 e. The summed E-state index contributed by atoms with van der Waals surface area (Å²) in [6.07, 6.45) is 3.84. The maximum absolute atomic E-state index is 8.73. The van der Waals surface area contributed by atoms with Gasteiger partial charge in [0.1, 0.15) is 11.5 Å². The molecule has 3 N–H and O–H groups in total. The predicted molar refractivity (Wildman–Crippen MR) is 78.2 cm³/mol. The zero-order valence-corrected chi connectivity index (χ0v) is 11.6. The lowest BCUT2D eigenvalue weighted by Gasteiger charge is -2.24. The molecule has 0 aromatic carbocycles. The van der Waals surface area contributed by atoms with Crippen molar-refractivity contribution in [2.24, 2.45) is 10.9 Å². The van der Waals surface area contributed by atoms with Gasteiger partial charge in [0.2, 0.25) is 0 Å². The van der Waals surface area contributed by atoms with Gasteiger partial charge in [-0.2, -0.15) is 0 Å². The van der Waals surface area contributed by atoms with Gasteiger partial charge < -0.3 is 15.8 Å². The van der Waals surface area contributed by atoms with Crippen molar-refractivity contribution in [1.29, 1.82) is 0 Å². The Balaban J connectivity index is 1.71. The molecule has 1 atom stereocenters. The zero-order valence-electron chi connectivity index (χ0n) is 11.6. The molecule has 2 fully saturated rings. The molecular formula is C14H21N5O. The number of amidine groups is 1. The lowest BCUT2D eigenvalue weighted by Crippen LogP contribution is -2.35. The molecule has 6 heteroatoms. The van der Waals surface area contributed by atoms with Crippen molar-refractivity contribution < 1.29 is 5.21 Å². The number of hydrogen-bond acceptors (Lipinski definition) is 5. The third-order valence-electron chi connectivity index (χ3n) is 4.25. The van der Waals surface area contributed by atoms with Crippen LogP contribution in [0.3, 0.4) is 0 Å². The van der Waals surface area contributed by atoms with Crippen LogP contribution in [0, 0.1) is 0 Å². The van der Waals surface area contributed by atoms with Crippen molar-refractivity contribution in [3.63, 3.8) is 0 Å². The Hall–Kier alpha value is -1.82. The molecule has 0 bridgehead atoms. The average Bonchev–Trinajstić information content (AvgIpc) is 3.17. The minimum Gasteiger partial charge on any atom is -0.409 e. The van der Waals surface area contributed by atoms with Crippen LogP contribution in [0.15, 0.2) is 23.4 Å². The first-order valence-corrected chi connectivity index (χ1v) is 7.22. The number of rotatable bonds is 3. The minimum atomic E-state index is 0.0575. The summed E-state index contributed by atoms with van der Waals surface area (Å²) < 4.78 is 0. The highest BCUT2D eigenvalue weighted by Gasteiger charge is 2.29. The third kappa shape index (κ3) is 2.56. The van der Waals surface area contributed by atoms with E-state index >= 15 is 0 Å². The van der Waals surface area contributed by atoms with E-state index in [1.807, 2.05) is 12.1 Å². The fraction of sp³-hybridized carbons (Fsp3) is 0.571. The second kappa shape index (κ2) is 5.66. The Morgan fingerprint density at radius 3 is 2.85 bits per heavy atom. The average molecular weight is 275 g/mol. The summed E-state index contributed by atoms with van der Waals surface area (Å²) >= 11 is 0. The zero-order chi connectivity index (χ0) is 13.9. The molecule has 0 aliphatic carbocycles. The molecule has 0 amide bonds. The highest BCUT2D eigenvalue weighted by Crippen LogP contribution is 2.24. The molecule has 1 aromatic rings. The summed E-state index contributed by atoms with van der Waals surface area (Å²) in [5, 5.41) is 11.7. The van der Waals surface area contributed by atoms with E-state index in [4.69, 9.17) is 10.9 Å². The fourth-order valence-electron chi connectivity index (χ4n) is 3.15. The van der Waals surface area contributed by atoms with Crippen LogP contribution in [-0.4, -0.2) is 53.1 Å². The van der Waals surface area contributed by atoms with Crippen LogP contribution in [0.1, 0.15) is 25.0 Å². The lowest BCUT2D eigenvalue weighted by molar-refractivity contribution is 0.260. The van der Waals surface area contributed by atoms with E-state index in [-0.39, 0.29) is 5.84 Å². The molecule has 108 valence electrons. The third-order valence-corrected chi connectivity index (χ3v) is 4.25. The van der Waals surface area contributed by atoms with Gasteiger partial charge in [-0.15, -0.1) is 0 Å². The molecule has 3 rings (SSSR count). The summed E-state index contributed by atoms with van der Waals surface area (Å²) in [5.74, 6) is 0.970. The standard InChI is InChI=1S/C14H21N5O/c15-14(17-20)12-4-3-5-13(16-12)19-9-6-11(10-19)18-7-1-2-8-18/h3-5,11,20H,1-2,6-10H2,(H2,15,17). The van der Waals surface area contributed by atoms with Gasteiger partial charge in [-0.05, 0) is 44.5 Å². The van der Waals surface area contributed by atoms with Crippen LogP contribution in [0.4, 0.5) is 5.82 Å². The van der Waals surface area contributed by atoms with E-state index in [0.29, 0.717) is 11.7 Å². The van der Waals surface area contributed by atoms with Crippen LogP contribution < -0.4 is 10.6 Å². The number of anilines is 1. The van der Waals surface area contributed by atoms with E-state index in [9.17, 15) is 0 Å². The first kappa shape index (κ1) is 13.2. The highest BCUT2D eigenvalue weighted by molar-refractivity contribution is 5.95. The van der Waals surface area contributed by atoms with E-state index in [0.717, 1.165) is 18.9 Å². The van der Waals surface area contributed by atoms with Gasteiger partial charge in [0, 0.05) is 19.1 Å². The molecule has 0 spiro atoms. The van der Waals surface area contributed by atoms with E-state index in [1.165, 1.54) is 32.4 Å². The predicted octanol–water partition coefficient (Wildman–Crippen LogP) is 0.851. The second-order valence-electron chi connectivity index (χ2n) is 5.50. The Morgan fingerprint density at radius 2 is 2.10 bits per heavy atom. The van der Waals surface area contributed by atoms with E-state index in [2.05, 4.69) is 19.9 Å². The first-order valence-electron chi connectivity index (χ1n) is 7.22. The Morgan fingerprint density at radius 1 is 1.30 bits per heavy atom. The van der Waals surface area contributed by atoms with Gasteiger partial charge >= 0.3 is 0 Å². The van der Waals surface area contributed by atoms with Crippen LogP contribution in [0.25, 0.3) is 0 Å². The Bertz CT molecular complexity index is 498. The Kier molecular flexibility index (Phi) is 3.73. The molecule has 6 nitrogen and oxygen atoms in total. The van der Waals surface area contributed by atoms with Gasteiger partial charge in [-0.3, -0.25) is 4.90 Å². The van der Waals surface area contributed by atoms with Crippen molar-refractivity contribution in [1.82, 2.24) is 9.88 Å². The molecule has 2 saturated heterocycles. The summed E-state index contributed by atoms with van der Waals surface area (Å²) in [5.41, 5.74) is 6.12. The van der Waals surface area contributed by atoms with Crippen molar-refractivity contribution >= 4 is 11.7 Å². The Labute approximate surface area is 118 Å². The van der Waals surface area contributed by atoms with Gasteiger partial charge in [-0.1, -0.05) is 11.2 Å². The number of likely N-dealkylation sites (tertiary alicyclic amines) is 1. The number of nitrogens with zero attached hydrogens (tertiary/aromatic N) is 4. The molecule has 1 unspecified atom stereocenters. The SMILES string of the molecule is NC(=NO)c1cccc(N2CCC(N3CCCC3)C2)n1. The summed E-state index contributed by atoms with van der Waals surface area (Å²) in [4.78, 5) is 9.36. The highest BCUT2D eigenvalue weighted by atomic mass is 16.4. The van der Waals surface area contributed by atoms with E-state index < -0.39 is 0 Å². The summed E-state index contributed by atoms with van der Waals surface area (Å²) in [6, 6.07) is 6.29. The molecule has 2 aliphatic rings. The topological polar surface area (TPSA) is 78.0 Å². The van der Waals surface area contributed by atoms with Crippen LogP contribution >= 0.6 is 0 Å². The quantitative estimate of drug-likeness (QED) is 0.370. The van der Waals surface area contributed by atoms with Crippen LogP contribution in [0.5, 0.6) is 0 Å². The monoisotopic (exact) mass is 275 g/mol. The normalized spacial score (nSPS) is 24.5. The van der Waals surface area contributed by atoms with Gasteiger partial charge in [0.15, 0.2) is 5.84 Å². The van der Waals surface area contributed by atoms with Crippen LogP contribution in [-0.2, 0) is 0 Å². The molecule has 0 radical (unpaired) electrons.